The summed E-state index contributed by atoms with van der Waals surface area (Å²) in [5.74, 6) is 2.47. The number of aromatic hydroxyl groups is 1. The zero-order valence-corrected chi connectivity index (χ0v) is 18.8. The van der Waals surface area contributed by atoms with E-state index in [0.717, 1.165) is 66.1 Å². The molecule has 7 nitrogen and oxygen atoms in total. The van der Waals surface area contributed by atoms with Crippen LogP contribution in [0.2, 0.25) is 0 Å². The zero-order valence-electron chi connectivity index (χ0n) is 18.8. The van der Waals surface area contributed by atoms with Crippen LogP contribution >= 0.6 is 0 Å². The van der Waals surface area contributed by atoms with Gasteiger partial charge in [0.1, 0.15) is 17.2 Å². The van der Waals surface area contributed by atoms with E-state index in [-0.39, 0.29) is 11.2 Å². The number of phenolic OH excluding ortho intramolecular Hbond substituents is 1. The van der Waals surface area contributed by atoms with E-state index in [1.165, 1.54) is 0 Å². The molecule has 3 aromatic rings. The molecule has 7 heteroatoms. The molecule has 0 fully saturated rings. The second-order valence-corrected chi connectivity index (χ2v) is 8.34. The SMILES string of the molecule is CCc1cc(-c2cccc(OC)c2)c(O)cc1OCCCCCC(C)(C)c1nn[nH]n1. The number of nitrogens with one attached hydrogen (secondary N) is 1. The predicted molar refractivity (Wildman–Crippen MR) is 121 cm³/mol. The Morgan fingerprint density at radius 1 is 1.10 bits per heavy atom. The standard InChI is InChI=1S/C24H32N4O3/c1-5-17-15-20(18-10-9-11-19(14-18)30-4)21(29)16-22(17)31-13-8-6-7-12-24(2,3)23-25-27-28-26-23/h9-11,14-16,29H,5-8,12-13H2,1-4H3,(H,25,26,27,28). The number of aryl methyl sites for hydroxylation is 1. The molecule has 0 saturated carbocycles. The first-order valence-electron chi connectivity index (χ1n) is 10.8. The van der Waals surface area contributed by atoms with Gasteiger partial charge in [-0.3, -0.25) is 0 Å². The van der Waals surface area contributed by atoms with Gasteiger partial charge in [0.05, 0.1) is 13.7 Å². The van der Waals surface area contributed by atoms with Gasteiger partial charge in [0.2, 0.25) is 0 Å². The fraction of sp³-hybridized carbons (Fsp3) is 0.458. The molecule has 3 rings (SSSR count). The number of rotatable bonds is 11. The van der Waals surface area contributed by atoms with Crippen molar-refractivity contribution in [2.24, 2.45) is 0 Å². The average molecular weight is 425 g/mol. The van der Waals surface area contributed by atoms with Crippen LogP contribution in [-0.2, 0) is 11.8 Å². The minimum absolute atomic E-state index is 0.0923. The number of ether oxygens (including phenoxy) is 2. The molecule has 166 valence electrons. The van der Waals surface area contributed by atoms with E-state index in [1.54, 1.807) is 13.2 Å². The molecule has 1 heterocycles. The Morgan fingerprint density at radius 2 is 1.94 bits per heavy atom. The van der Waals surface area contributed by atoms with Crippen LogP contribution in [0.1, 0.15) is 57.8 Å². The van der Waals surface area contributed by atoms with Gasteiger partial charge in [-0.05, 0) is 48.6 Å². The Labute approximate surface area is 183 Å². The smallest absolute Gasteiger partial charge is 0.180 e. The third-order valence-electron chi connectivity index (χ3n) is 5.59. The highest BCUT2D eigenvalue weighted by Crippen LogP contribution is 2.37. The Morgan fingerprint density at radius 3 is 2.65 bits per heavy atom. The van der Waals surface area contributed by atoms with Crippen LogP contribution in [0.3, 0.4) is 0 Å². The highest BCUT2D eigenvalue weighted by Gasteiger charge is 2.24. The molecule has 2 N–H and O–H groups in total. The van der Waals surface area contributed by atoms with Gasteiger partial charge in [-0.2, -0.15) is 5.21 Å². The second-order valence-electron chi connectivity index (χ2n) is 8.34. The van der Waals surface area contributed by atoms with Crippen LogP contribution in [0.15, 0.2) is 36.4 Å². The lowest BCUT2D eigenvalue weighted by atomic mass is 9.86. The highest BCUT2D eigenvalue weighted by atomic mass is 16.5. The first-order chi connectivity index (χ1) is 14.9. The van der Waals surface area contributed by atoms with Gasteiger partial charge < -0.3 is 14.6 Å². The lowest BCUT2D eigenvalue weighted by Gasteiger charge is -2.20. The molecule has 0 amide bonds. The Bertz CT molecular complexity index is 971. The van der Waals surface area contributed by atoms with E-state index in [4.69, 9.17) is 9.47 Å². The maximum Gasteiger partial charge on any atom is 0.180 e. The first kappa shape index (κ1) is 22.6. The Balaban J connectivity index is 1.55. The summed E-state index contributed by atoms with van der Waals surface area (Å²) in [4.78, 5) is 0. The van der Waals surface area contributed by atoms with Crippen molar-refractivity contribution in [1.82, 2.24) is 20.6 Å². The topological polar surface area (TPSA) is 93.1 Å². The van der Waals surface area contributed by atoms with Crippen LogP contribution in [0.4, 0.5) is 0 Å². The van der Waals surface area contributed by atoms with Gasteiger partial charge in [-0.25, -0.2) is 0 Å². The molecular weight excluding hydrogens is 392 g/mol. The van der Waals surface area contributed by atoms with Crippen molar-refractivity contribution < 1.29 is 14.6 Å². The van der Waals surface area contributed by atoms with Crippen LogP contribution in [-0.4, -0.2) is 39.4 Å². The van der Waals surface area contributed by atoms with Gasteiger partial charge in [-0.15, -0.1) is 10.2 Å². The van der Waals surface area contributed by atoms with E-state index in [0.29, 0.717) is 6.61 Å². The molecule has 0 bridgehead atoms. The molecule has 0 aliphatic rings. The number of methoxy groups -OCH3 is 1. The number of nitrogens with zero attached hydrogens (tertiary/aromatic N) is 3. The number of benzene rings is 2. The summed E-state index contributed by atoms with van der Waals surface area (Å²) in [6.07, 6.45) is 4.88. The van der Waals surface area contributed by atoms with E-state index < -0.39 is 0 Å². The number of tetrazole rings is 1. The molecule has 2 aromatic carbocycles. The molecule has 0 unspecified atom stereocenters. The van der Waals surface area contributed by atoms with Gasteiger partial charge >= 0.3 is 0 Å². The lowest BCUT2D eigenvalue weighted by molar-refractivity contribution is 0.296. The molecular formula is C24H32N4O3. The summed E-state index contributed by atoms with van der Waals surface area (Å²) in [5.41, 5.74) is 2.69. The molecule has 0 spiro atoms. The number of aromatic amines is 1. The third kappa shape index (κ3) is 5.75. The molecule has 0 atom stereocenters. The van der Waals surface area contributed by atoms with Crippen LogP contribution in [0, 0.1) is 0 Å². The van der Waals surface area contributed by atoms with E-state index in [1.807, 2.05) is 30.3 Å². The fourth-order valence-corrected chi connectivity index (χ4v) is 3.63. The second kappa shape index (κ2) is 10.3. The number of unbranched alkanes of at least 4 members (excludes halogenated alkanes) is 2. The summed E-state index contributed by atoms with van der Waals surface area (Å²) in [7, 11) is 1.64. The Kier molecular flexibility index (Phi) is 7.50. The summed E-state index contributed by atoms with van der Waals surface area (Å²) in [6, 6.07) is 11.4. The van der Waals surface area contributed by atoms with Crippen molar-refractivity contribution in [1.29, 1.82) is 0 Å². The summed E-state index contributed by atoms with van der Waals surface area (Å²) in [6.45, 7) is 6.98. The zero-order chi connectivity index (χ0) is 22.3. The van der Waals surface area contributed by atoms with Crippen LogP contribution in [0.5, 0.6) is 17.2 Å². The maximum absolute atomic E-state index is 10.6. The van der Waals surface area contributed by atoms with E-state index >= 15 is 0 Å². The number of hydrogen-bond acceptors (Lipinski definition) is 6. The molecule has 0 aliphatic heterocycles. The lowest BCUT2D eigenvalue weighted by Crippen LogP contribution is -2.19. The molecule has 31 heavy (non-hydrogen) atoms. The first-order valence-corrected chi connectivity index (χ1v) is 10.8. The quantitative estimate of drug-likeness (QED) is 0.418. The summed E-state index contributed by atoms with van der Waals surface area (Å²) < 4.78 is 11.3. The van der Waals surface area contributed by atoms with Crippen molar-refractivity contribution in [3.63, 3.8) is 0 Å². The number of H-pyrrole nitrogens is 1. The van der Waals surface area contributed by atoms with Gasteiger partial charge in [0.25, 0.3) is 0 Å². The highest BCUT2D eigenvalue weighted by molar-refractivity contribution is 5.73. The van der Waals surface area contributed by atoms with Crippen molar-refractivity contribution in [3.05, 3.63) is 47.8 Å². The average Bonchev–Trinajstić information content (AvgIpc) is 3.32. The normalized spacial score (nSPS) is 11.5. The minimum atomic E-state index is -0.0923. The van der Waals surface area contributed by atoms with Gasteiger partial charge in [-0.1, -0.05) is 51.0 Å². The maximum atomic E-state index is 10.6. The number of hydrogen-bond donors (Lipinski definition) is 2. The fourth-order valence-electron chi connectivity index (χ4n) is 3.63. The number of phenols is 1. The van der Waals surface area contributed by atoms with Crippen LogP contribution < -0.4 is 9.47 Å². The van der Waals surface area contributed by atoms with Crippen molar-refractivity contribution >= 4 is 0 Å². The summed E-state index contributed by atoms with van der Waals surface area (Å²) >= 11 is 0. The largest absolute Gasteiger partial charge is 0.507 e. The van der Waals surface area contributed by atoms with Gasteiger partial charge in [0, 0.05) is 17.0 Å². The predicted octanol–water partition coefficient (Wildman–Crippen LogP) is 5.06. The molecule has 0 radical (unpaired) electrons. The molecule has 0 saturated heterocycles. The Hall–Kier alpha value is -3.09. The molecule has 1 aromatic heterocycles. The van der Waals surface area contributed by atoms with Gasteiger partial charge in [0.15, 0.2) is 5.82 Å². The van der Waals surface area contributed by atoms with E-state index in [9.17, 15) is 5.11 Å². The third-order valence-corrected chi connectivity index (χ3v) is 5.59. The summed E-state index contributed by atoms with van der Waals surface area (Å²) in [5, 5.41) is 25.0. The monoisotopic (exact) mass is 424 g/mol. The van der Waals surface area contributed by atoms with E-state index in [2.05, 4.69) is 41.4 Å². The number of aromatic nitrogens is 4. The van der Waals surface area contributed by atoms with Crippen molar-refractivity contribution in [2.75, 3.05) is 13.7 Å². The van der Waals surface area contributed by atoms with Crippen molar-refractivity contribution in [3.8, 4) is 28.4 Å². The molecule has 0 aliphatic carbocycles. The van der Waals surface area contributed by atoms with Crippen molar-refractivity contribution in [2.45, 2.75) is 58.3 Å². The minimum Gasteiger partial charge on any atom is -0.507 e. The van der Waals surface area contributed by atoms with Crippen LogP contribution in [0.25, 0.3) is 11.1 Å².